The maximum atomic E-state index is 13.2. The van der Waals surface area contributed by atoms with E-state index in [9.17, 15) is 26.8 Å². The Morgan fingerprint density at radius 2 is 2.05 bits per heavy atom. The van der Waals surface area contributed by atoms with Crippen molar-refractivity contribution in [1.82, 2.24) is 5.12 Å². The van der Waals surface area contributed by atoms with E-state index in [0.29, 0.717) is 12.1 Å². The van der Waals surface area contributed by atoms with Crippen LogP contribution in [-0.4, -0.2) is 38.4 Å². The normalized spacial score (nSPS) is 11.5. The Bertz CT molecular complexity index is 473. The predicted octanol–water partition coefficient (Wildman–Crippen LogP) is 1.43. The second-order valence-corrected chi connectivity index (χ2v) is 4.20. The van der Waals surface area contributed by atoms with Gasteiger partial charge in [0.05, 0.1) is 5.56 Å². The van der Waals surface area contributed by atoms with Crippen molar-refractivity contribution in [3.8, 4) is 0 Å². The first kappa shape index (κ1) is 15.5. The lowest BCUT2D eigenvalue weighted by atomic mass is 10.2. The number of hydrogen-bond acceptors (Lipinski definition) is 3. The number of carbonyl (C=O) groups is 1. The summed E-state index contributed by atoms with van der Waals surface area (Å²) in [5.74, 6) is -5.27. The van der Waals surface area contributed by atoms with E-state index in [1.165, 1.54) is 0 Å². The summed E-state index contributed by atoms with van der Waals surface area (Å²) in [6.07, 6.45) is 0. The van der Waals surface area contributed by atoms with Gasteiger partial charge in [-0.25, -0.2) is 8.78 Å². The fourth-order valence-electron chi connectivity index (χ4n) is 1.06. The molecule has 1 N–H and O–H groups in total. The smallest absolute Gasteiger partial charge is 0.357 e. The summed E-state index contributed by atoms with van der Waals surface area (Å²) in [4.78, 5) is 11.3. The fraction of sp³-hybridized carbons (Fsp3) is 0.222. The van der Waals surface area contributed by atoms with Crippen LogP contribution in [0.4, 0.5) is 22.0 Å². The standard InChI is InChI=1S/C9H6F5NO3Si/c10-6-3-1-2-5(7(6)11)8(17)15(14)9(12,13)19-18-4-16/h1-3,16H,4H2. The molecule has 1 rings (SSSR count). The second kappa shape index (κ2) is 6.08. The lowest BCUT2D eigenvalue weighted by Crippen LogP contribution is -2.46. The molecule has 0 heterocycles. The molecule has 19 heavy (non-hydrogen) atoms. The minimum Gasteiger partial charge on any atom is -0.387 e. The van der Waals surface area contributed by atoms with Gasteiger partial charge < -0.3 is 9.53 Å². The number of nitrogens with zero attached hydrogens (tertiary/aromatic N) is 1. The molecule has 0 fully saturated rings. The number of aliphatic hydroxyl groups excluding tert-OH is 1. The minimum atomic E-state index is -4.40. The monoisotopic (exact) mass is 299 g/mol. The van der Waals surface area contributed by atoms with Gasteiger partial charge in [-0.05, 0) is 12.1 Å². The third-order valence-electron chi connectivity index (χ3n) is 1.87. The Kier molecular flexibility index (Phi) is 4.97. The molecule has 1 aromatic carbocycles. The minimum absolute atomic E-state index is 0.642. The maximum absolute atomic E-state index is 13.2. The van der Waals surface area contributed by atoms with Crippen molar-refractivity contribution in [2.24, 2.45) is 0 Å². The number of carbonyl (C=O) groups excluding carboxylic acids is 1. The molecular weight excluding hydrogens is 293 g/mol. The van der Waals surface area contributed by atoms with E-state index in [4.69, 9.17) is 5.11 Å². The van der Waals surface area contributed by atoms with Crippen LogP contribution in [0.15, 0.2) is 18.2 Å². The summed E-state index contributed by atoms with van der Waals surface area (Å²) >= 11 is 0. The van der Waals surface area contributed by atoms with Crippen molar-refractivity contribution in [3.63, 3.8) is 0 Å². The maximum Gasteiger partial charge on any atom is 0.357 e. The van der Waals surface area contributed by atoms with Crippen LogP contribution in [0.1, 0.15) is 10.4 Å². The molecule has 0 aliphatic rings. The van der Waals surface area contributed by atoms with Crippen molar-refractivity contribution in [2.45, 2.75) is 5.67 Å². The molecule has 10 heteroatoms. The summed E-state index contributed by atoms with van der Waals surface area (Å²) in [6, 6.07) is 2.16. The van der Waals surface area contributed by atoms with Gasteiger partial charge in [0.2, 0.25) is 0 Å². The van der Waals surface area contributed by atoms with Gasteiger partial charge in [0.1, 0.15) is 6.79 Å². The van der Waals surface area contributed by atoms with Gasteiger partial charge in [-0.15, -0.1) is 5.12 Å². The summed E-state index contributed by atoms with van der Waals surface area (Å²) in [7, 11) is -1.90. The molecule has 1 aromatic rings. The molecule has 1 amide bonds. The largest absolute Gasteiger partial charge is 0.387 e. The summed E-state index contributed by atoms with van der Waals surface area (Å²) < 4.78 is 69.1. The first-order chi connectivity index (χ1) is 8.81. The zero-order chi connectivity index (χ0) is 14.6. The van der Waals surface area contributed by atoms with Crippen LogP contribution < -0.4 is 0 Å². The van der Waals surface area contributed by atoms with Crippen molar-refractivity contribution in [1.29, 1.82) is 0 Å². The Balaban J connectivity index is 2.96. The summed E-state index contributed by atoms with van der Waals surface area (Å²) in [5, 5.41) is 6.59. The molecule has 0 bridgehead atoms. The number of halogens is 5. The highest BCUT2D eigenvalue weighted by molar-refractivity contribution is 6.31. The van der Waals surface area contributed by atoms with Crippen molar-refractivity contribution in [3.05, 3.63) is 35.4 Å². The van der Waals surface area contributed by atoms with Crippen molar-refractivity contribution >= 4 is 15.7 Å². The molecule has 0 aliphatic carbocycles. The number of benzene rings is 1. The van der Waals surface area contributed by atoms with Crippen LogP contribution in [0.3, 0.4) is 0 Å². The highest BCUT2D eigenvalue weighted by Gasteiger charge is 2.45. The molecule has 0 unspecified atom stereocenters. The first-order valence-electron chi connectivity index (χ1n) is 4.63. The van der Waals surface area contributed by atoms with Crippen molar-refractivity contribution in [2.75, 3.05) is 6.79 Å². The molecule has 0 aromatic heterocycles. The Labute approximate surface area is 106 Å². The van der Waals surface area contributed by atoms with Crippen molar-refractivity contribution < 1.29 is 36.4 Å². The van der Waals surface area contributed by atoms with E-state index >= 15 is 0 Å². The average molecular weight is 299 g/mol. The van der Waals surface area contributed by atoms with E-state index in [2.05, 4.69) is 4.43 Å². The molecule has 0 saturated carbocycles. The number of hydrogen-bond donors (Lipinski definition) is 1. The predicted molar refractivity (Wildman–Crippen MR) is 52.5 cm³/mol. The topological polar surface area (TPSA) is 49.8 Å². The highest BCUT2D eigenvalue weighted by Crippen LogP contribution is 2.23. The third kappa shape index (κ3) is 3.49. The average Bonchev–Trinajstić information content (AvgIpc) is 2.38. The van der Waals surface area contributed by atoms with E-state index in [1.54, 1.807) is 0 Å². The molecule has 0 spiro atoms. The zero-order valence-electron chi connectivity index (χ0n) is 9.04. The zero-order valence-corrected chi connectivity index (χ0v) is 10.0. The Hall–Kier alpha value is -1.52. The quantitative estimate of drug-likeness (QED) is 0.294. The fourth-order valence-corrected chi connectivity index (χ4v) is 1.48. The molecule has 2 radical (unpaired) electrons. The summed E-state index contributed by atoms with van der Waals surface area (Å²) in [5.41, 5.74) is -5.59. The van der Waals surface area contributed by atoms with Crippen LogP contribution in [0.2, 0.25) is 0 Å². The van der Waals surface area contributed by atoms with Gasteiger partial charge in [0.15, 0.2) is 11.6 Å². The molecule has 104 valence electrons. The molecule has 4 nitrogen and oxygen atoms in total. The van der Waals surface area contributed by atoms with E-state index in [0.717, 1.165) is 6.07 Å². The van der Waals surface area contributed by atoms with Gasteiger partial charge in [-0.3, -0.25) is 4.79 Å². The van der Waals surface area contributed by atoms with Gasteiger partial charge >= 0.3 is 15.4 Å². The van der Waals surface area contributed by atoms with Gasteiger partial charge in [-0.1, -0.05) is 10.5 Å². The van der Waals surface area contributed by atoms with Gasteiger partial charge in [0, 0.05) is 0 Å². The molecule has 0 aliphatic heterocycles. The van der Waals surface area contributed by atoms with Crippen LogP contribution in [0.25, 0.3) is 0 Å². The van der Waals surface area contributed by atoms with Crippen LogP contribution >= 0.6 is 0 Å². The molecule has 0 saturated heterocycles. The lowest BCUT2D eigenvalue weighted by molar-refractivity contribution is -0.156. The van der Waals surface area contributed by atoms with Gasteiger partial charge in [0.25, 0.3) is 5.91 Å². The van der Waals surface area contributed by atoms with Gasteiger partial charge in [-0.2, -0.15) is 8.78 Å². The van der Waals surface area contributed by atoms with E-state index in [-0.39, 0.29) is 0 Å². The number of amides is 1. The molecule has 0 atom stereocenters. The first-order valence-corrected chi connectivity index (χ1v) is 5.54. The molecular formula is C9H6F5NO3Si. The van der Waals surface area contributed by atoms with Crippen LogP contribution in [0.5, 0.6) is 0 Å². The third-order valence-corrected chi connectivity index (χ3v) is 2.58. The SMILES string of the molecule is O=C(c1cccc(F)c1F)N(F)C(F)(F)[Si]OCO. The Morgan fingerprint density at radius 1 is 1.42 bits per heavy atom. The number of alkyl halides is 2. The van der Waals surface area contributed by atoms with E-state index in [1.807, 2.05) is 0 Å². The second-order valence-electron chi connectivity index (χ2n) is 3.10. The van der Waals surface area contributed by atoms with Crippen LogP contribution in [-0.2, 0) is 4.43 Å². The number of aliphatic hydroxyl groups is 1. The highest BCUT2D eigenvalue weighted by atomic mass is 28.2. The number of rotatable bonds is 5. The lowest BCUT2D eigenvalue weighted by Gasteiger charge is -2.21. The summed E-state index contributed by atoms with van der Waals surface area (Å²) in [6.45, 7) is -1.11. The Morgan fingerprint density at radius 3 is 2.63 bits per heavy atom. The van der Waals surface area contributed by atoms with Crippen LogP contribution in [0, 0.1) is 11.6 Å². The van der Waals surface area contributed by atoms with E-state index < -0.39 is 50.5 Å².